The highest BCUT2D eigenvalue weighted by molar-refractivity contribution is 6.10. The maximum atomic E-state index is 11.4. The Bertz CT molecular complexity index is 290. The normalized spacial score (nSPS) is 29.4. The van der Waals surface area contributed by atoms with Gasteiger partial charge in [-0.1, -0.05) is 6.92 Å². The third-order valence-corrected chi connectivity index (χ3v) is 2.82. The van der Waals surface area contributed by atoms with Gasteiger partial charge in [-0.3, -0.25) is 19.3 Å². The van der Waals surface area contributed by atoms with Gasteiger partial charge in [0.1, 0.15) is 0 Å². The highest BCUT2D eigenvalue weighted by Gasteiger charge is 2.58. The van der Waals surface area contributed by atoms with Crippen LogP contribution in [-0.2, 0) is 14.4 Å². The molecule has 0 N–H and O–H groups in total. The molecule has 0 bridgehead atoms. The van der Waals surface area contributed by atoms with Gasteiger partial charge in [0.25, 0.3) is 0 Å². The minimum absolute atomic E-state index is 0.00148. The first kappa shape index (κ1) is 9.37. The van der Waals surface area contributed by atoms with Crippen molar-refractivity contribution in [1.82, 2.24) is 4.90 Å². The lowest BCUT2D eigenvalue weighted by atomic mass is 10.2. The lowest BCUT2D eigenvalue weighted by molar-refractivity contribution is -0.144. The Labute approximate surface area is 82.3 Å². The first-order valence-corrected chi connectivity index (χ1v) is 5.02. The molecule has 2 rings (SSSR count). The molecular formula is C10H13NO3. The Morgan fingerprint density at radius 1 is 1.36 bits per heavy atom. The largest absolute Gasteiger partial charge is 0.298 e. The molecule has 0 aromatic carbocycles. The average molecular weight is 195 g/mol. The third kappa shape index (κ3) is 1.35. The maximum Gasteiger partial charge on any atom is 0.233 e. The van der Waals surface area contributed by atoms with Crippen LogP contribution in [0.1, 0.15) is 26.2 Å². The van der Waals surface area contributed by atoms with Crippen LogP contribution >= 0.6 is 0 Å². The van der Waals surface area contributed by atoms with Crippen LogP contribution in [0.2, 0.25) is 0 Å². The van der Waals surface area contributed by atoms with Gasteiger partial charge < -0.3 is 0 Å². The van der Waals surface area contributed by atoms with E-state index >= 15 is 0 Å². The third-order valence-electron chi connectivity index (χ3n) is 2.82. The van der Waals surface area contributed by atoms with Crippen LogP contribution in [0.15, 0.2) is 0 Å². The number of fused-ring (bicyclic) bond motifs is 1. The van der Waals surface area contributed by atoms with Gasteiger partial charge in [0.05, 0.1) is 18.4 Å². The molecule has 2 amide bonds. The number of piperidine rings is 1. The first-order chi connectivity index (χ1) is 6.65. The summed E-state index contributed by atoms with van der Waals surface area (Å²) in [5.74, 6) is -0.460. The molecule has 0 radical (unpaired) electrons. The molecule has 2 aliphatic rings. The van der Waals surface area contributed by atoms with Gasteiger partial charge in [-0.15, -0.1) is 0 Å². The van der Waals surface area contributed by atoms with E-state index in [2.05, 4.69) is 0 Å². The van der Waals surface area contributed by atoms with E-state index in [-0.39, 0.29) is 36.0 Å². The quantitative estimate of drug-likeness (QED) is 0.608. The van der Waals surface area contributed by atoms with Gasteiger partial charge >= 0.3 is 0 Å². The summed E-state index contributed by atoms with van der Waals surface area (Å²) in [5.41, 5.74) is 0. The average Bonchev–Trinajstić information content (AvgIpc) is 2.87. The number of imide groups is 1. The van der Waals surface area contributed by atoms with Crippen LogP contribution in [0.4, 0.5) is 0 Å². The molecule has 1 aliphatic heterocycles. The van der Waals surface area contributed by atoms with E-state index in [0.29, 0.717) is 12.8 Å². The highest BCUT2D eigenvalue weighted by Crippen LogP contribution is 2.46. The fourth-order valence-corrected chi connectivity index (χ4v) is 1.94. The van der Waals surface area contributed by atoms with Crippen molar-refractivity contribution in [2.24, 2.45) is 11.8 Å². The lowest BCUT2D eigenvalue weighted by Crippen LogP contribution is -2.37. The summed E-state index contributed by atoms with van der Waals surface area (Å²) in [5, 5.41) is 0. The zero-order valence-corrected chi connectivity index (χ0v) is 8.16. The van der Waals surface area contributed by atoms with Gasteiger partial charge in [0.15, 0.2) is 5.78 Å². The van der Waals surface area contributed by atoms with Crippen LogP contribution in [0, 0.1) is 11.8 Å². The molecule has 14 heavy (non-hydrogen) atoms. The molecule has 2 atom stereocenters. The van der Waals surface area contributed by atoms with Gasteiger partial charge in [0, 0.05) is 6.42 Å². The van der Waals surface area contributed by atoms with Crippen molar-refractivity contribution < 1.29 is 14.4 Å². The molecule has 4 nitrogen and oxygen atoms in total. The number of carbonyl (C=O) groups is 3. The molecule has 0 aromatic heterocycles. The standard InChI is InChI=1S/C10H13NO3/c1-2-3-6(12)5-11-9(13)7-4-8(7)10(11)14/h7-8H,2-5H2,1H3. The lowest BCUT2D eigenvalue weighted by Gasteiger charge is -2.14. The van der Waals surface area contributed by atoms with E-state index < -0.39 is 0 Å². The molecule has 76 valence electrons. The molecule has 1 aliphatic carbocycles. The van der Waals surface area contributed by atoms with E-state index in [4.69, 9.17) is 0 Å². The van der Waals surface area contributed by atoms with Crippen LogP contribution in [0.3, 0.4) is 0 Å². The zero-order chi connectivity index (χ0) is 10.3. The Morgan fingerprint density at radius 3 is 2.43 bits per heavy atom. The molecule has 1 saturated heterocycles. The van der Waals surface area contributed by atoms with Crippen molar-refractivity contribution in [2.75, 3.05) is 6.54 Å². The van der Waals surface area contributed by atoms with Crippen LogP contribution in [0.5, 0.6) is 0 Å². The smallest absolute Gasteiger partial charge is 0.233 e. The van der Waals surface area contributed by atoms with Crippen LogP contribution in [-0.4, -0.2) is 29.0 Å². The summed E-state index contributed by atoms with van der Waals surface area (Å²) in [4.78, 5) is 35.3. The SMILES string of the molecule is CCCC(=O)CN1C(=O)C2CC2C1=O. The Hall–Kier alpha value is -1.19. The molecule has 1 heterocycles. The minimum atomic E-state index is -0.135. The number of ketones is 1. The van der Waals surface area contributed by atoms with E-state index in [1.807, 2.05) is 6.92 Å². The molecule has 0 spiro atoms. The number of likely N-dealkylation sites (tertiary alicyclic amines) is 1. The second-order valence-corrected chi connectivity index (χ2v) is 4.00. The number of amides is 2. The molecule has 2 unspecified atom stereocenters. The van der Waals surface area contributed by atoms with Crippen molar-refractivity contribution in [3.8, 4) is 0 Å². The van der Waals surface area contributed by atoms with Gasteiger partial charge in [0.2, 0.25) is 11.8 Å². The minimum Gasteiger partial charge on any atom is -0.298 e. The number of rotatable bonds is 4. The van der Waals surface area contributed by atoms with Crippen molar-refractivity contribution in [3.63, 3.8) is 0 Å². The second-order valence-electron chi connectivity index (χ2n) is 4.00. The van der Waals surface area contributed by atoms with E-state index in [0.717, 1.165) is 11.3 Å². The van der Waals surface area contributed by atoms with Crippen molar-refractivity contribution in [3.05, 3.63) is 0 Å². The Morgan fingerprint density at radius 2 is 1.93 bits per heavy atom. The number of nitrogens with zero attached hydrogens (tertiary/aromatic N) is 1. The fraction of sp³-hybridized carbons (Fsp3) is 0.700. The summed E-state index contributed by atoms with van der Waals surface area (Å²) in [7, 11) is 0. The summed E-state index contributed by atoms with van der Waals surface area (Å²) in [6.45, 7) is 1.90. The number of carbonyl (C=O) groups excluding carboxylic acids is 3. The number of Topliss-reactive ketones (excluding diaryl/α,β-unsaturated/α-hetero) is 1. The van der Waals surface area contributed by atoms with Gasteiger partial charge in [-0.2, -0.15) is 0 Å². The summed E-state index contributed by atoms with van der Waals surface area (Å²) in [6.07, 6.45) is 1.92. The van der Waals surface area contributed by atoms with Crippen molar-refractivity contribution in [1.29, 1.82) is 0 Å². The topological polar surface area (TPSA) is 54.5 Å². The van der Waals surface area contributed by atoms with E-state index in [9.17, 15) is 14.4 Å². The fourth-order valence-electron chi connectivity index (χ4n) is 1.94. The van der Waals surface area contributed by atoms with Crippen molar-refractivity contribution in [2.45, 2.75) is 26.2 Å². The van der Waals surface area contributed by atoms with Crippen LogP contribution < -0.4 is 0 Å². The zero-order valence-electron chi connectivity index (χ0n) is 8.16. The second kappa shape index (κ2) is 3.19. The monoisotopic (exact) mass is 195 g/mol. The number of hydrogen-bond acceptors (Lipinski definition) is 3. The van der Waals surface area contributed by atoms with Crippen molar-refractivity contribution >= 4 is 17.6 Å². The van der Waals surface area contributed by atoms with E-state index in [1.54, 1.807) is 0 Å². The van der Waals surface area contributed by atoms with Gasteiger partial charge in [-0.05, 0) is 12.8 Å². The molecule has 0 aromatic rings. The van der Waals surface area contributed by atoms with E-state index in [1.165, 1.54) is 0 Å². The van der Waals surface area contributed by atoms with Gasteiger partial charge in [-0.25, -0.2) is 0 Å². The molecule has 4 heteroatoms. The molecular weight excluding hydrogens is 182 g/mol. The highest BCUT2D eigenvalue weighted by atomic mass is 16.2. The Balaban J connectivity index is 1.95. The Kier molecular flexibility index (Phi) is 2.13. The summed E-state index contributed by atoms with van der Waals surface area (Å²) in [6, 6.07) is 0. The maximum absolute atomic E-state index is 11.4. The summed E-state index contributed by atoms with van der Waals surface area (Å²) >= 11 is 0. The predicted molar refractivity (Wildman–Crippen MR) is 48.2 cm³/mol. The predicted octanol–water partition coefficient (Wildman–Crippen LogP) is 0.360. The number of hydrogen-bond donors (Lipinski definition) is 0. The summed E-state index contributed by atoms with van der Waals surface area (Å²) < 4.78 is 0. The van der Waals surface area contributed by atoms with Crippen LogP contribution in [0.25, 0.3) is 0 Å². The molecule has 1 saturated carbocycles. The molecule has 2 fully saturated rings. The first-order valence-electron chi connectivity index (χ1n) is 5.02.